The van der Waals surface area contributed by atoms with Gasteiger partial charge in [0.2, 0.25) is 0 Å². The fourth-order valence-corrected chi connectivity index (χ4v) is 4.82. The SMILES string of the molecule is Cc1ncc(COc2cc(F)cc(Oc3ccc(-c4nn(C5CCN(C#N)CC5)c5ncnc(N)c45)cc3)c2)cn1. The quantitative estimate of drug-likeness (QED) is 0.280. The van der Waals surface area contributed by atoms with E-state index in [1.165, 1.54) is 18.5 Å². The Bertz CT molecular complexity index is 1730. The molecule has 4 heterocycles. The van der Waals surface area contributed by atoms with Gasteiger partial charge in [-0.25, -0.2) is 29.0 Å². The van der Waals surface area contributed by atoms with E-state index in [0.717, 1.165) is 24.0 Å². The summed E-state index contributed by atoms with van der Waals surface area (Å²) in [4.78, 5) is 18.7. The van der Waals surface area contributed by atoms with Crippen molar-refractivity contribution in [3.63, 3.8) is 0 Å². The maximum absolute atomic E-state index is 14.3. The van der Waals surface area contributed by atoms with Gasteiger partial charge in [-0.3, -0.25) is 0 Å². The number of halogens is 1. The monoisotopic (exact) mass is 551 g/mol. The molecule has 0 radical (unpaired) electrons. The van der Waals surface area contributed by atoms with Gasteiger partial charge < -0.3 is 20.1 Å². The lowest BCUT2D eigenvalue weighted by atomic mass is 10.1. The molecule has 12 heteroatoms. The zero-order valence-corrected chi connectivity index (χ0v) is 22.2. The Morgan fingerprint density at radius 2 is 1.73 bits per heavy atom. The van der Waals surface area contributed by atoms with Gasteiger partial charge in [-0.05, 0) is 44.0 Å². The maximum Gasteiger partial charge on any atom is 0.179 e. The van der Waals surface area contributed by atoms with Crippen molar-refractivity contribution in [2.24, 2.45) is 0 Å². The van der Waals surface area contributed by atoms with E-state index in [1.54, 1.807) is 42.4 Å². The lowest BCUT2D eigenvalue weighted by Gasteiger charge is -2.28. The van der Waals surface area contributed by atoms with Crippen LogP contribution in [0.1, 0.15) is 30.3 Å². The number of aromatic nitrogens is 6. The fraction of sp³-hybridized carbons (Fsp3) is 0.241. The molecule has 2 aromatic carbocycles. The van der Waals surface area contributed by atoms with Gasteiger partial charge in [0.05, 0.1) is 11.4 Å². The topological polar surface area (TPSA) is 141 Å². The van der Waals surface area contributed by atoms with Gasteiger partial charge in [0.25, 0.3) is 0 Å². The van der Waals surface area contributed by atoms with E-state index >= 15 is 0 Å². The van der Waals surface area contributed by atoms with Crippen LogP contribution in [0.2, 0.25) is 0 Å². The van der Waals surface area contributed by atoms with E-state index in [-0.39, 0.29) is 12.6 Å². The average molecular weight is 552 g/mol. The Morgan fingerprint density at radius 1 is 1.00 bits per heavy atom. The first-order chi connectivity index (χ1) is 20.0. The summed E-state index contributed by atoms with van der Waals surface area (Å²) in [5.41, 5.74) is 9.17. The van der Waals surface area contributed by atoms with Crippen molar-refractivity contribution in [2.45, 2.75) is 32.4 Å². The summed E-state index contributed by atoms with van der Waals surface area (Å²) in [6.07, 6.45) is 8.54. The van der Waals surface area contributed by atoms with Crippen molar-refractivity contribution in [3.8, 4) is 34.7 Å². The number of nitriles is 1. The summed E-state index contributed by atoms with van der Waals surface area (Å²) >= 11 is 0. The second-order valence-corrected chi connectivity index (χ2v) is 9.75. The number of hydrogen-bond acceptors (Lipinski definition) is 10. The maximum atomic E-state index is 14.3. The lowest BCUT2D eigenvalue weighted by Crippen LogP contribution is -2.31. The van der Waals surface area contributed by atoms with Crippen LogP contribution in [-0.4, -0.2) is 47.7 Å². The standard InChI is InChI=1S/C29H26FN9O2/c1-18-33-13-19(14-34-18)15-40-24-10-21(30)11-25(12-24)41-23-4-2-20(3-5-23)27-26-28(32)35-17-36-29(26)39(37-27)22-6-8-38(16-31)9-7-22/h2-5,10-14,17,22H,6-9,15H2,1H3,(H2,32,35,36). The molecule has 6 rings (SSSR count). The van der Waals surface area contributed by atoms with Gasteiger partial charge in [-0.1, -0.05) is 0 Å². The number of benzene rings is 2. The molecule has 2 N–H and O–H groups in total. The molecule has 0 saturated carbocycles. The third-order valence-corrected chi connectivity index (χ3v) is 6.92. The van der Waals surface area contributed by atoms with Gasteiger partial charge in [0, 0.05) is 54.8 Å². The highest BCUT2D eigenvalue weighted by Gasteiger charge is 2.25. The predicted octanol–water partition coefficient (Wildman–Crippen LogP) is 4.80. The molecule has 0 spiro atoms. The minimum atomic E-state index is -0.484. The molecule has 5 aromatic rings. The molecule has 206 valence electrons. The van der Waals surface area contributed by atoms with Crippen LogP contribution < -0.4 is 15.2 Å². The van der Waals surface area contributed by atoms with E-state index in [1.807, 2.05) is 16.8 Å². The van der Waals surface area contributed by atoms with E-state index < -0.39 is 5.82 Å². The van der Waals surface area contributed by atoms with Crippen molar-refractivity contribution < 1.29 is 13.9 Å². The van der Waals surface area contributed by atoms with Gasteiger partial charge in [0.1, 0.15) is 53.3 Å². The summed E-state index contributed by atoms with van der Waals surface area (Å²) in [5.74, 6) is 1.65. The van der Waals surface area contributed by atoms with Crippen LogP contribution in [0.3, 0.4) is 0 Å². The number of nitrogens with two attached hydrogens (primary N) is 1. The normalized spacial score (nSPS) is 13.7. The predicted molar refractivity (Wildman–Crippen MR) is 148 cm³/mol. The molecule has 11 nitrogen and oxygen atoms in total. The van der Waals surface area contributed by atoms with Gasteiger partial charge >= 0.3 is 0 Å². The summed E-state index contributed by atoms with van der Waals surface area (Å²) in [7, 11) is 0. The molecular formula is C29H26FN9O2. The molecule has 1 fully saturated rings. The van der Waals surface area contributed by atoms with Crippen molar-refractivity contribution in [3.05, 3.63) is 78.4 Å². The second kappa shape index (κ2) is 11.1. The number of nitrogens with zero attached hydrogens (tertiary/aromatic N) is 8. The van der Waals surface area contributed by atoms with Crippen LogP contribution in [0.4, 0.5) is 10.2 Å². The smallest absolute Gasteiger partial charge is 0.179 e. The van der Waals surface area contributed by atoms with E-state index in [2.05, 4.69) is 26.1 Å². The van der Waals surface area contributed by atoms with Crippen LogP contribution in [0.5, 0.6) is 17.2 Å². The molecule has 0 aliphatic carbocycles. The van der Waals surface area contributed by atoms with Crippen LogP contribution in [0.25, 0.3) is 22.3 Å². The Morgan fingerprint density at radius 3 is 2.46 bits per heavy atom. The Labute approximate surface area is 235 Å². The number of likely N-dealkylation sites (tertiary alicyclic amines) is 1. The third-order valence-electron chi connectivity index (χ3n) is 6.92. The van der Waals surface area contributed by atoms with Crippen molar-refractivity contribution in [2.75, 3.05) is 18.8 Å². The zero-order chi connectivity index (χ0) is 28.3. The first-order valence-corrected chi connectivity index (χ1v) is 13.1. The number of piperidine rings is 1. The summed E-state index contributed by atoms with van der Waals surface area (Å²) in [6, 6.07) is 11.6. The zero-order valence-electron chi connectivity index (χ0n) is 22.2. The molecule has 3 aromatic heterocycles. The fourth-order valence-electron chi connectivity index (χ4n) is 4.82. The molecule has 0 atom stereocenters. The number of nitrogen functional groups attached to an aromatic ring is 1. The lowest BCUT2D eigenvalue weighted by molar-refractivity contribution is 0.245. The molecule has 0 unspecified atom stereocenters. The molecule has 1 aliphatic rings. The number of hydrogen-bond donors (Lipinski definition) is 1. The first-order valence-electron chi connectivity index (χ1n) is 13.1. The molecule has 0 amide bonds. The number of ether oxygens (including phenoxy) is 2. The number of anilines is 1. The van der Waals surface area contributed by atoms with Gasteiger partial charge in [0.15, 0.2) is 11.8 Å². The molecule has 1 saturated heterocycles. The van der Waals surface area contributed by atoms with Gasteiger partial charge in [-0.15, -0.1) is 0 Å². The Kier molecular flexibility index (Phi) is 6.99. The first kappa shape index (κ1) is 25.9. The van der Waals surface area contributed by atoms with E-state index in [9.17, 15) is 9.65 Å². The average Bonchev–Trinajstić information content (AvgIpc) is 3.38. The Balaban J connectivity index is 1.21. The highest BCUT2D eigenvalue weighted by Crippen LogP contribution is 2.35. The molecule has 1 aliphatic heterocycles. The number of fused-ring (bicyclic) bond motifs is 1. The van der Waals surface area contributed by atoms with Gasteiger partial charge in [-0.2, -0.15) is 10.4 Å². The number of rotatable bonds is 7. The van der Waals surface area contributed by atoms with Crippen molar-refractivity contribution >= 4 is 16.9 Å². The summed E-state index contributed by atoms with van der Waals surface area (Å²) < 4.78 is 27.9. The Hall–Kier alpha value is -5.31. The van der Waals surface area contributed by atoms with Crippen molar-refractivity contribution in [1.29, 1.82) is 5.26 Å². The van der Waals surface area contributed by atoms with E-state index in [0.29, 0.717) is 58.7 Å². The molecule has 0 bridgehead atoms. The molecular weight excluding hydrogens is 525 g/mol. The van der Waals surface area contributed by atoms with E-state index in [4.69, 9.17) is 20.3 Å². The number of aryl methyl sites for hydroxylation is 1. The highest BCUT2D eigenvalue weighted by atomic mass is 19.1. The largest absolute Gasteiger partial charge is 0.489 e. The second-order valence-electron chi connectivity index (χ2n) is 9.75. The van der Waals surface area contributed by atoms with Crippen LogP contribution >= 0.6 is 0 Å². The minimum Gasteiger partial charge on any atom is -0.489 e. The third kappa shape index (κ3) is 5.56. The van der Waals surface area contributed by atoms with Crippen LogP contribution in [0.15, 0.2) is 61.2 Å². The van der Waals surface area contributed by atoms with Crippen LogP contribution in [0, 0.1) is 24.2 Å². The van der Waals surface area contributed by atoms with Crippen molar-refractivity contribution in [1.82, 2.24) is 34.6 Å². The summed E-state index contributed by atoms with van der Waals surface area (Å²) in [5, 5.41) is 14.8. The minimum absolute atomic E-state index is 0.0932. The summed E-state index contributed by atoms with van der Waals surface area (Å²) in [6.45, 7) is 3.33. The highest BCUT2D eigenvalue weighted by molar-refractivity contribution is 5.98. The molecule has 41 heavy (non-hydrogen) atoms. The van der Waals surface area contributed by atoms with Crippen LogP contribution in [-0.2, 0) is 6.61 Å².